The van der Waals surface area contributed by atoms with Gasteiger partial charge in [0.1, 0.15) is 5.65 Å². The molecule has 0 aliphatic carbocycles. The molecule has 2 aromatic heterocycles. The minimum atomic E-state index is -0.258. The number of rotatable bonds is 21. The highest BCUT2D eigenvalue weighted by atomic mass is 35.5. The lowest BCUT2D eigenvalue weighted by Crippen LogP contribution is -2.20. The molecule has 0 bridgehead atoms. The first-order valence-electron chi connectivity index (χ1n) is 14.9. The fourth-order valence-electron chi connectivity index (χ4n) is 4.32. The number of nitrogens with two attached hydrogens (primary N) is 1. The predicted molar refractivity (Wildman–Crippen MR) is 184 cm³/mol. The summed E-state index contributed by atoms with van der Waals surface area (Å²) in [5.41, 5.74) is 7.28. The number of anilines is 2. The van der Waals surface area contributed by atoms with E-state index >= 15 is 0 Å². The van der Waals surface area contributed by atoms with Crippen molar-refractivity contribution in [2.75, 3.05) is 83.7 Å². The first-order valence-corrected chi connectivity index (χ1v) is 16.6. The molecule has 2 aromatic carbocycles. The molecular weight excluding hydrogens is 653 g/mol. The molecule has 3 N–H and O–H groups in total. The summed E-state index contributed by atoms with van der Waals surface area (Å²) in [6, 6.07) is 14.8. The molecule has 248 valence electrons. The molecule has 0 atom stereocenters. The highest BCUT2D eigenvalue weighted by molar-refractivity contribution is 7.99. The van der Waals surface area contributed by atoms with Gasteiger partial charge in [-0.25, -0.2) is 4.98 Å². The standard InChI is InChI=1S/C32H39Cl2N5O6S/c1-39-30-23(20-26(31(39)40)29-27(33)6-3-7-28(29)34)22-36-32(38-30)37-24-4-2-5-25(21-24)46-19-18-45-17-16-44-15-14-43-13-12-42-11-10-41-9-8-35/h2-7,20-22H,8-19,35H2,1H3,(H,36,37,38). The fourth-order valence-corrected chi connectivity index (χ4v) is 5.74. The van der Waals surface area contributed by atoms with E-state index in [1.807, 2.05) is 24.3 Å². The summed E-state index contributed by atoms with van der Waals surface area (Å²) in [5, 5.41) is 4.73. The Morgan fingerprint density at radius 1 is 0.826 bits per heavy atom. The van der Waals surface area contributed by atoms with E-state index in [-0.39, 0.29) is 5.56 Å². The summed E-state index contributed by atoms with van der Waals surface area (Å²) >= 11 is 14.4. The van der Waals surface area contributed by atoms with Gasteiger partial charge in [0, 0.05) is 47.1 Å². The van der Waals surface area contributed by atoms with Crippen molar-refractivity contribution in [2.24, 2.45) is 12.8 Å². The first kappa shape index (κ1) is 36.1. The summed E-state index contributed by atoms with van der Waals surface area (Å²) in [5.74, 6) is 1.16. The van der Waals surface area contributed by atoms with E-state index in [1.54, 1.807) is 49.3 Å². The lowest BCUT2D eigenvalue weighted by molar-refractivity contribution is -0.00951. The Labute approximate surface area is 282 Å². The van der Waals surface area contributed by atoms with Gasteiger partial charge in [-0.1, -0.05) is 35.3 Å². The van der Waals surface area contributed by atoms with E-state index in [9.17, 15) is 4.79 Å². The molecule has 0 amide bonds. The molecule has 4 rings (SSSR count). The largest absolute Gasteiger partial charge is 0.378 e. The van der Waals surface area contributed by atoms with Crippen molar-refractivity contribution in [3.8, 4) is 11.1 Å². The van der Waals surface area contributed by atoms with Crippen molar-refractivity contribution in [2.45, 2.75) is 4.90 Å². The van der Waals surface area contributed by atoms with Gasteiger partial charge < -0.3 is 34.7 Å². The minimum absolute atomic E-state index is 0.258. The number of pyridine rings is 1. The van der Waals surface area contributed by atoms with Crippen molar-refractivity contribution >= 4 is 57.6 Å². The van der Waals surface area contributed by atoms with Gasteiger partial charge in [0.2, 0.25) is 5.95 Å². The molecule has 46 heavy (non-hydrogen) atoms. The number of benzene rings is 2. The van der Waals surface area contributed by atoms with E-state index in [4.69, 9.17) is 52.6 Å². The number of fused-ring (bicyclic) bond motifs is 1. The van der Waals surface area contributed by atoms with Crippen LogP contribution in [0.15, 0.2) is 64.4 Å². The average Bonchev–Trinajstić information content (AvgIpc) is 3.05. The monoisotopic (exact) mass is 691 g/mol. The van der Waals surface area contributed by atoms with Crippen LogP contribution in [0.1, 0.15) is 0 Å². The summed E-state index contributed by atoms with van der Waals surface area (Å²) in [7, 11) is 1.67. The smallest absolute Gasteiger partial charge is 0.259 e. The van der Waals surface area contributed by atoms with Crippen molar-refractivity contribution < 1.29 is 23.7 Å². The molecule has 0 radical (unpaired) electrons. The third kappa shape index (κ3) is 11.2. The van der Waals surface area contributed by atoms with Gasteiger partial charge in [-0.3, -0.25) is 9.36 Å². The predicted octanol–water partition coefficient (Wildman–Crippen LogP) is 5.18. The fraction of sp³-hybridized carbons (Fsp3) is 0.406. The summed E-state index contributed by atoms with van der Waals surface area (Å²) in [6.45, 7) is 5.82. The molecule has 0 fully saturated rings. The highest BCUT2D eigenvalue weighted by Gasteiger charge is 2.16. The zero-order valence-electron chi connectivity index (χ0n) is 25.7. The number of halogens is 2. The topological polar surface area (TPSA) is 132 Å². The molecule has 0 aliphatic heterocycles. The van der Waals surface area contributed by atoms with Gasteiger partial charge >= 0.3 is 0 Å². The Kier molecular flexibility index (Phi) is 15.5. The van der Waals surface area contributed by atoms with Gasteiger partial charge in [-0.05, 0) is 36.4 Å². The lowest BCUT2D eigenvalue weighted by Gasteiger charge is -2.12. The Morgan fingerprint density at radius 2 is 1.41 bits per heavy atom. The molecule has 0 spiro atoms. The lowest BCUT2D eigenvalue weighted by atomic mass is 10.1. The van der Waals surface area contributed by atoms with Crippen molar-refractivity contribution in [3.63, 3.8) is 0 Å². The Bertz CT molecular complexity index is 1570. The molecule has 0 aliphatic rings. The van der Waals surface area contributed by atoms with Crippen LogP contribution in [0, 0.1) is 0 Å². The number of nitrogens with zero attached hydrogens (tertiary/aromatic N) is 3. The van der Waals surface area contributed by atoms with Crippen LogP contribution in [-0.2, 0) is 30.7 Å². The quantitative estimate of drug-likeness (QED) is 0.0885. The van der Waals surface area contributed by atoms with Crippen LogP contribution >= 0.6 is 35.0 Å². The molecule has 2 heterocycles. The minimum Gasteiger partial charge on any atom is -0.378 e. The number of ether oxygens (including phenoxy) is 5. The molecule has 0 saturated carbocycles. The third-order valence-electron chi connectivity index (χ3n) is 6.52. The second-order valence-corrected chi connectivity index (χ2v) is 11.8. The van der Waals surface area contributed by atoms with Crippen molar-refractivity contribution in [1.29, 1.82) is 0 Å². The van der Waals surface area contributed by atoms with Crippen LogP contribution in [0.2, 0.25) is 10.0 Å². The Hall–Kier alpha value is -2.78. The maximum atomic E-state index is 13.2. The number of hydrogen-bond donors (Lipinski definition) is 2. The van der Waals surface area contributed by atoms with Gasteiger partial charge in [0.25, 0.3) is 5.56 Å². The number of nitrogens with one attached hydrogen (secondary N) is 1. The summed E-state index contributed by atoms with van der Waals surface area (Å²) < 4.78 is 28.8. The van der Waals surface area contributed by atoms with E-state index < -0.39 is 0 Å². The molecule has 11 nitrogen and oxygen atoms in total. The number of hydrogen-bond acceptors (Lipinski definition) is 11. The third-order valence-corrected chi connectivity index (χ3v) is 8.11. The van der Waals surface area contributed by atoms with Gasteiger partial charge in [-0.2, -0.15) is 4.98 Å². The highest BCUT2D eigenvalue weighted by Crippen LogP contribution is 2.34. The van der Waals surface area contributed by atoms with Crippen LogP contribution in [0.5, 0.6) is 0 Å². The molecule has 0 saturated heterocycles. The van der Waals surface area contributed by atoms with Crippen molar-refractivity contribution in [1.82, 2.24) is 14.5 Å². The second kappa shape index (κ2) is 19.8. The molecular formula is C32H39Cl2N5O6S. The van der Waals surface area contributed by atoms with E-state index in [1.165, 1.54) is 4.57 Å². The Morgan fingerprint density at radius 3 is 2.04 bits per heavy atom. The maximum Gasteiger partial charge on any atom is 0.259 e. The SMILES string of the molecule is Cn1c(=O)c(-c2c(Cl)cccc2Cl)cc2cnc(Nc3cccc(SCCOCCOCCOCCOCCOCCN)c3)nc21. The van der Waals surface area contributed by atoms with Crippen LogP contribution in [-0.4, -0.2) is 92.9 Å². The van der Waals surface area contributed by atoms with E-state index in [2.05, 4.69) is 15.3 Å². The van der Waals surface area contributed by atoms with Crippen LogP contribution < -0.4 is 16.6 Å². The van der Waals surface area contributed by atoms with Crippen LogP contribution in [0.25, 0.3) is 22.2 Å². The normalized spacial score (nSPS) is 11.4. The number of thioether (sulfide) groups is 1. The summed E-state index contributed by atoms with van der Waals surface area (Å²) in [4.78, 5) is 23.4. The van der Waals surface area contributed by atoms with E-state index in [0.717, 1.165) is 16.3 Å². The van der Waals surface area contributed by atoms with Gasteiger partial charge in [0.05, 0.1) is 81.7 Å². The van der Waals surface area contributed by atoms with Crippen LogP contribution in [0.4, 0.5) is 11.6 Å². The zero-order chi connectivity index (χ0) is 32.6. The number of aryl methyl sites for hydroxylation is 1. The van der Waals surface area contributed by atoms with E-state index in [0.29, 0.717) is 111 Å². The average molecular weight is 693 g/mol. The van der Waals surface area contributed by atoms with Crippen molar-refractivity contribution in [3.05, 3.63) is 75.1 Å². The Balaban J connectivity index is 1.15. The van der Waals surface area contributed by atoms with Crippen LogP contribution in [0.3, 0.4) is 0 Å². The van der Waals surface area contributed by atoms with Gasteiger partial charge in [0.15, 0.2) is 0 Å². The second-order valence-electron chi connectivity index (χ2n) is 9.84. The zero-order valence-corrected chi connectivity index (χ0v) is 28.0. The maximum absolute atomic E-state index is 13.2. The molecule has 0 unspecified atom stereocenters. The molecule has 4 aromatic rings. The van der Waals surface area contributed by atoms with Gasteiger partial charge in [-0.15, -0.1) is 11.8 Å². The molecule has 14 heteroatoms. The first-order chi connectivity index (χ1) is 22.5. The number of aromatic nitrogens is 3. The summed E-state index contributed by atoms with van der Waals surface area (Å²) in [6.07, 6.45) is 1.67.